The second kappa shape index (κ2) is 9.04. The van der Waals surface area contributed by atoms with Gasteiger partial charge in [-0.25, -0.2) is 18.3 Å². The molecule has 4 rings (SSSR count). The van der Waals surface area contributed by atoms with Crippen molar-refractivity contribution in [2.24, 2.45) is 0 Å². The van der Waals surface area contributed by atoms with Gasteiger partial charge in [-0.2, -0.15) is 5.10 Å². The number of carboxylic acid groups (broad SMARTS) is 1. The molecule has 0 saturated carbocycles. The number of aromatic nitrogens is 2. The van der Waals surface area contributed by atoms with Crippen molar-refractivity contribution in [2.75, 3.05) is 5.73 Å². The summed E-state index contributed by atoms with van der Waals surface area (Å²) >= 11 is 0. The molecule has 8 heteroatoms. The number of carboxylic acids is 1. The van der Waals surface area contributed by atoms with Crippen LogP contribution in [0.2, 0.25) is 0 Å². The highest BCUT2D eigenvalue weighted by atomic mass is 19.2. The number of rotatable bonds is 7. The van der Waals surface area contributed by atoms with Crippen molar-refractivity contribution in [3.05, 3.63) is 113 Å². The van der Waals surface area contributed by atoms with Crippen molar-refractivity contribution < 1.29 is 23.5 Å². The average molecular weight is 447 g/mol. The summed E-state index contributed by atoms with van der Waals surface area (Å²) in [5.74, 6) is -4.13. The van der Waals surface area contributed by atoms with Crippen molar-refractivity contribution in [2.45, 2.75) is 12.3 Å². The number of nitrogens with two attached hydrogens (primary N) is 1. The fourth-order valence-corrected chi connectivity index (χ4v) is 3.63. The number of hydrogen-bond donors (Lipinski definition) is 2. The summed E-state index contributed by atoms with van der Waals surface area (Å²) in [6, 6.07) is 19.0. The maximum Gasteiger partial charge on any atom is 0.341 e. The van der Waals surface area contributed by atoms with Crippen LogP contribution in [0.1, 0.15) is 37.8 Å². The van der Waals surface area contributed by atoms with Gasteiger partial charge in [-0.1, -0.05) is 48.5 Å². The molecule has 0 amide bonds. The van der Waals surface area contributed by atoms with Gasteiger partial charge < -0.3 is 10.8 Å². The summed E-state index contributed by atoms with van der Waals surface area (Å²) in [5, 5.41) is 13.2. The van der Waals surface area contributed by atoms with Crippen LogP contribution in [-0.2, 0) is 6.42 Å². The molecule has 1 heterocycles. The Hall–Kier alpha value is -4.33. The highest BCUT2D eigenvalue weighted by Crippen LogP contribution is 2.28. The molecule has 3 N–H and O–H groups in total. The molecule has 0 radical (unpaired) electrons. The Morgan fingerprint density at radius 1 is 0.970 bits per heavy atom. The van der Waals surface area contributed by atoms with Gasteiger partial charge in [-0.15, -0.1) is 0 Å². The third-order valence-electron chi connectivity index (χ3n) is 5.38. The summed E-state index contributed by atoms with van der Waals surface area (Å²) in [5.41, 5.74) is 7.91. The third-order valence-corrected chi connectivity index (χ3v) is 5.38. The number of anilines is 1. The van der Waals surface area contributed by atoms with Gasteiger partial charge in [0.15, 0.2) is 17.4 Å². The number of benzene rings is 3. The predicted octanol–water partition coefficient (Wildman–Crippen LogP) is 4.64. The molecule has 6 nitrogen and oxygen atoms in total. The third kappa shape index (κ3) is 4.50. The number of aromatic carboxylic acids is 1. The van der Waals surface area contributed by atoms with Gasteiger partial charge in [0.2, 0.25) is 0 Å². The molecule has 1 aromatic heterocycles. The van der Waals surface area contributed by atoms with E-state index in [1.807, 2.05) is 0 Å². The first-order valence-electron chi connectivity index (χ1n) is 10.1. The first-order valence-corrected chi connectivity index (χ1v) is 10.1. The largest absolute Gasteiger partial charge is 0.477 e. The lowest BCUT2D eigenvalue weighted by Crippen LogP contribution is -2.16. The second-order valence-corrected chi connectivity index (χ2v) is 7.49. The summed E-state index contributed by atoms with van der Waals surface area (Å²) in [7, 11) is 0. The minimum atomic E-state index is -1.18. The lowest BCUT2D eigenvalue weighted by molar-refractivity contribution is 0.0697. The lowest BCUT2D eigenvalue weighted by atomic mass is 9.85. The minimum Gasteiger partial charge on any atom is -0.477 e. The van der Waals surface area contributed by atoms with Crippen LogP contribution in [0.3, 0.4) is 0 Å². The van der Waals surface area contributed by atoms with Gasteiger partial charge in [-0.3, -0.25) is 4.79 Å². The van der Waals surface area contributed by atoms with E-state index in [0.29, 0.717) is 16.8 Å². The Balaban J connectivity index is 1.65. The van der Waals surface area contributed by atoms with Crippen molar-refractivity contribution in [3.8, 4) is 5.69 Å². The zero-order valence-corrected chi connectivity index (χ0v) is 17.3. The van der Waals surface area contributed by atoms with Crippen molar-refractivity contribution in [1.29, 1.82) is 0 Å². The van der Waals surface area contributed by atoms with Crippen LogP contribution in [0, 0.1) is 11.6 Å². The normalized spacial score (nSPS) is 11.8. The van der Waals surface area contributed by atoms with E-state index in [0.717, 1.165) is 17.7 Å². The van der Waals surface area contributed by atoms with E-state index in [2.05, 4.69) is 5.10 Å². The van der Waals surface area contributed by atoms with Crippen molar-refractivity contribution in [3.63, 3.8) is 0 Å². The summed E-state index contributed by atoms with van der Waals surface area (Å²) in [4.78, 5) is 24.4. The highest BCUT2D eigenvalue weighted by molar-refractivity contribution is 6.01. The maximum absolute atomic E-state index is 13.9. The first-order chi connectivity index (χ1) is 15.8. The Labute approximate surface area is 187 Å². The molecule has 4 aromatic rings. The van der Waals surface area contributed by atoms with E-state index in [-0.39, 0.29) is 23.6 Å². The van der Waals surface area contributed by atoms with E-state index in [4.69, 9.17) is 10.8 Å². The Morgan fingerprint density at radius 2 is 1.67 bits per heavy atom. The SMILES string of the molecule is Nc1c(C(=O)O)cnn1-c1ccc(CC(C(=O)c2ccccc2)c2ccc(F)c(F)c2)cc1. The van der Waals surface area contributed by atoms with E-state index < -0.39 is 23.5 Å². The predicted molar refractivity (Wildman–Crippen MR) is 119 cm³/mol. The fourth-order valence-electron chi connectivity index (χ4n) is 3.63. The van der Waals surface area contributed by atoms with Crippen LogP contribution < -0.4 is 5.73 Å². The van der Waals surface area contributed by atoms with Gasteiger partial charge in [0.1, 0.15) is 11.4 Å². The van der Waals surface area contributed by atoms with E-state index >= 15 is 0 Å². The molecule has 0 spiro atoms. The topological polar surface area (TPSA) is 98.2 Å². The van der Waals surface area contributed by atoms with E-state index in [1.165, 1.54) is 16.9 Å². The maximum atomic E-state index is 13.9. The molecule has 1 unspecified atom stereocenters. The van der Waals surface area contributed by atoms with Crippen LogP contribution in [0.15, 0.2) is 79.0 Å². The van der Waals surface area contributed by atoms with E-state index in [9.17, 15) is 18.4 Å². The van der Waals surface area contributed by atoms with E-state index in [1.54, 1.807) is 54.6 Å². The molecular formula is C25H19F2N3O3. The number of carbonyl (C=O) groups is 2. The van der Waals surface area contributed by atoms with Crippen molar-refractivity contribution >= 4 is 17.6 Å². The lowest BCUT2D eigenvalue weighted by Gasteiger charge is -2.17. The molecule has 0 bridgehead atoms. The monoisotopic (exact) mass is 447 g/mol. The zero-order chi connectivity index (χ0) is 23.5. The Morgan fingerprint density at radius 3 is 2.27 bits per heavy atom. The first kappa shape index (κ1) is 21.9. The van der Waals surface area contributed by atoms with Gasteiger partial charge >= 0.3 is 5.97 Å². The molecule has 0 fully saturated rings. The molecule has 0 aliphatic heterocycles. The van der Waals surface area contributed by atoms with Crippen LogP contribution in [0.25, 0.3) is 5.69 Å². The number of halogens is 2. The number of hydrogen-bond acceptors (Lipinski definition) is 4. The molecule has 0 saturated heterocycles. The molecule has 0 aliphatic carbocycles. The number of nitrogen functional groups attached to an aromatic ring is 1. The quantitative estimate of drug-likeness (QED) is 0.402. The van der Waals surface area contributed by atoms with Gasteiger partial charge in [0.05, 0.1) is 17.8 Å². The summed E-state index contributed by atoms with van der Waals surface area (Å²) < 4.78 is 28.7. The van der Waals surface area contributed by atoms with Crippen LogP contribution >= 0.6 is 0 Å². The molecule has 1 atom stereocenters. The zero-order valence-electron chi connectivity index (χ0n) is 17.3. The smallest absolute Gasteiger partial charge is 0.341 e. The van der Waals surface area contributed by atoms with Crippen LogP contribution in [0.5, 0.6) is 0 Å². The second-order valence-electron chi connectivity index (χ2n) is 7.49. The molecule has 0 aliphatic rings. The number of ketones is 1. The molecular weight excluding hydrogens is 428 g/mol. The number of carbonyl (C=O) groups excluding carboxylic acids is 1. The molecule has 3 aromatic carbocycles. The minimum absolute atomic E-state index is 0.00540. The number of nitrogens with zero attached hydrogens (tertiary/aromatic N) is 2. The van der Waals surface area contributed by atoms with Crippen molar-refractivity contribution in [1.82, 2.24) is 9.78 Å². The van der Waals surface area contributed by atoms with Gasteiger partial charge in [-0.05, 0) is 41.8 Å². The fraction of sp³-hybridized carbons (Fsp3) is 0.0800. The summed E-state index contributed by atoms with van der Waals surface area (Å²) in [6.45, 7) is 0. The molecule has 33 heavy (non-hydrogen) atoms. The van der Waals surface area contributed by atoms with Gasteiger partial charge in [0, 0.05) is 5.56 Å². The van der Waals surface area contributed by atoms with Crippen LogP contribution in [-0.4, -0.2) is 26.6 Å². The Bertz CT molecular complexity index is 1320. The number of Topliss-reactive ketones (excluding diaryl/α,β-unsaturated/α-hetero) is 1. The standard InChI is InChI=1S/C25H19F2N3O3/c26-21-11-8-17(13-22(21)27)19(23(31)16-4-2-1-3-5-16)12-15-6-9-18(10-7-15)30-24(28)20(14-29-30)25(32)33/h1-11,13-14,19H,12,28H2,(H,32,33). The Kier molecular flexibility index (Phi) is 5.99. The van der Waals surface area contributed by atoms with Gasteiger partial charge in [0.25, 0.3) is 0 Å². The average Bonchev–Trinajstić information content (AvgIpc) is 3.21. The van der Waals surface area contributed by atoms with Crippen LogP contribution in [0.4, 0.5) is 14.6 Å². The highest BCUT2D eigenvalue weighted by Gasteiger charge is 2.24. The summed E-state index contributed by atoms with van der Waals surface area (Å²) in [6.07, 6.45) is 1.41. The molecule has 166 valence electrons.